The molecule has 0 aliphatic rings. The second-order valence-corrected chi connectivity index (χ2v) is 6.15. The van der Waals surface area contributed by atoms with E-state index in [1.807, 2.05) is 72.3 Å². The van der Waals surface area contributed by atoms with Crippen molar-refractivity contribution in [3.8, 4) is 0 Å². The molecule has 3 rings (SSSR count). The Morgan fingerprint density at radius 2 is 1.68 bits per heavy atom. The summed E-state index contributed by atoms with van der Waals surface area (Å²) in [5.41, 5.74) is 2.47. The minimum absolute atomic E-state index is 0.0264. The number of Topliss-reactive ketones (excluding diaryl/α,β-unsaturated/α-hetero) is 1. The van der Waals surface area contributed by atoms with Crippen molar-refractivity contribution < 1.29 is 9.59 Å². The highest BCUT2D eigenvalue weighted by Crippen LogP contribution is 2.23. The third-order valence-corrected chi connectivity index (χ3v) is 4.39. The van der Waals surface area contributed by atoms with Crippen LogP contribution in [0.4, 0.5) is 5.69 Å². The van der Waals surface area contributed by atoms with E-state index in [1.54, 1.807) is 11.9 Å². The van der Waals surface area contributed by atoms with Crippen molar-refractivity contribution in [1.29, 1.82) is 0 Å². The van der Waals surface area contributed by atoms with E-state index < -0.39 is 0 Å². The molecule has 0 saturated carbocycles. The molecule has 0 aliphatic heterocycles. The molecule has 0 unspecified atom stereocenters. The van der Waals surface area contributed by atoms with Gasteiger partial charge in [-0.25, -0.2) is 0 Å². The molecule has 3 aromatic rings. The van der Waals surface area contributed by atoms with E-state index in [1.165, 1.54) is 0 Å². The molecule has 0 saturated heterocycles. The number of benzene rings is 2. The number of hydrogen-bond acceptors (Lipinski definition) is 2. The molecule has 0 aliphatic carbocycles. The van der Waals surface area contributed by atoms with Crippen molar-refractivity contribution >= 4 is 28.3 Å². The Labute approximate surface area is 147 Å². The van der Waals surface area contributed by atoms with Crippen molar-refractivity contribution in [3.05, 3.63) is 66.4 Å². The molecule has 1 heterocycles. The third kappa shape index (κ3) is 3.48. The molecule has 1 aromatic heterocycles. The van der Waals surface area contributed by atoms with Crippen LogP contribution < -0.4 is 4.90 Å². The molecule has 0 fully saturated rings. The van der Waals surface area contributed by atoms with E-state index in [9.17, 15) is 9.59 Å². The van der Waals surface area contributed by atoms with Crippen LogP contribution in [0.5, 0.6) is 0 Å². The number of aromatic nitrogens is 1. The Bertz CT molecular complexity index is 897. The summed E-state index contributed by atoms with van der Waals surface area (Å²) in [6.45, 7) is 2.20. The number of rotatable bonds is 6. The van der Waals surface area contributed by atoms with Gasteiger partial charge in [0.05, 0.1) is 0 Å². The van der Waals surface area contributed by atoms with Gasteiger partial charge in [-0.15, -0.1) is 0 Å². The minimum atomic E-state index is -0.0264. The van der Waals surface area contributed by atoms with Crippen molar-refractivity contribution in [3.63, 3.8) is 0 Å². The Hall–Kier alpha value is -2.88. The highest BCUT2D eigenvalue weighted by molar-refractivity contribution is 6.08. The summed E-state index contributed by atoms with van der Waals surface area (Å²) in [7, 11) is 1.77. The van der Waals surface area contributed by atoms with Gasteiger partial charge in [-0.1, -0.05) is 43.3 Å². The van der Waals surface area contributed by atoms with Crippen LogP contribution in [0, 0.1) is 0 Å². The Morgan fingerprint density at radius 3 is 2.40 bits per heavy atom. The van der Waals surface area contributed by atoms with Gasteiger partial charge in [0.1, 0.15) is 6.54 Å². The Morgan fingerprint density at radius 1 is 1.00 bits per heavy atom. The first kappa shape index (κ1) is 17.0. The number of fused-ring (bicyclic) bond motifs is 1. The normalized spacial score (nSPS) is 10.8. The maximum atomic E-state index is 12.7. The zero-order valence-corrected chi connectivity index (χ0v) is 14.6. The van der Waals surface area contributed by atoms with Gasteiger partial charge in [0.25, 0.3) is 0 Å². The van der Waals surface area contributed by atoms with E-state index in [0.29, 0.717) is 12.0 Å². The number of ketones is 1. The number of nitrogens with zero attached hydrogens (tertiary/aromatic N) is 2. The summed E-state index contributed by atoms with van der Waals surface area (Å²) >= 11 is 0. The van der Waals surface area contributed by atoms with Crippen molar-refractivity contribution in [1.82, 2.24) is 4.57 Å². The SMILES string of the molecule is CCCC(=O)c1cn(CC(=O)N(C)c2ccccc2)c2ccccc12. The molecule has 4 heteroatoms. The molecule has 0 bridgehead atoms. The van der Waals surface area contributed by atoms with Crippen LogP contribution in [0.2, 0.25) is 0 Å². The van der Waals surface area contributed by atoms with Gasteiger partial charge >= 0.3 is 0 Å². The van der Waals surface area contributed by atoms with Crippen molar-refractivity contribution in [2.45, 2.75) is 26.3 Å². The smallest absolute Gasteiger partial charge is 0.246 e. The van der Waals surface area contributed by atoms with Crippen LogP contribution in [0.15, 0.2) is 60.8 Å². The molecule has 128 valence electrons. The van der Waals surface area contributed by atoms with E-state index in [2.05, 4.69) is 0 Å². The monoisotopic (exact) mass is 334 g/mol. The molecule has 4 nitrogen and oxygen atoms in total. The zero-order valence-electron chi connectivity index (χ0n) is 14.6. The number of anilines is 1. The number of amides is 1. The average molecular weight is 334 g/mol. The summed E-state index contributed by atoms with van der Waals surface area (Å²) in [6.07, 6.45) is 3.15. The molecule has 0 N–H and O–H groups in total. The zero-order chi connectivity index (χ0) is 17.8. The molecule has 0 spiro atoms. The first-order valence-electron chi connectivity index (χ1n) is 8.54. The molecule has 1 amide bonds. The standard InChI is InChI=1S/C21H22N2O2/c1-3-9-20(24)18-14-23(19-13-8-7-12-17(18)19)15-21(25)22(2)16-10-5-4-6-11-16/h4-8,10-14H,3,9,15H2,1-2H3. The fourth-order valence-electron chi connectivity index (χ4n) is 3.01. The lowest BCUT2D eigenvalue weighted by Crippen LogP contribution is -2.29. The Kier molecular flexibility index (Phi) is 4.98. The van der Waals surface area contributed by atoms with Crippen molar-refractivity contribution in [2.75, 3.05) is 11.9 Å². The fourth-order valence-corrected chi connectivity index (χ4v) is 3.01. The van der Waals surface area contributed by atoms with Crippen LogP contribution in [-0.4, -0.2) is 23.3 Å². The number of carbonyl (C=O) groups excluding carboxylic acids is 2. The van der Waals surface area contributed by atoms with Gasteiger partial charge < -0.3 is 9.47 Å². The number of likely N-dealkylation sites (N-methyl/N-ethyl adjacent to an activating group) is 1. The van der Waals surface area contributed by atoms with Gasteiger partial charge in [0.2, 0.25) is 5.91 Å². The van der Waals surface area contributed by atoms with E-state index in [0.717, 1.165) is 23.0 Å². The van der Waals surface area contributed by atoms with Crippen LogP contribution >= 0.6 is 0 Å². The molecule has 0 atom stereocenters. The van der Waals surface area contributed by atoms with Gasteiger partial charge in [0.15, 0.2) is 5.78 Å². The van der Waals surface area contributed by atoms with Crippen molar-refractivity contribution in [2.24, 2.45) is 0 Å². The second-order valence-electron chi connectivity index (χ2n) is 6.15. The number of carbonyl (C=O) groups is 2. The number of para-hydroxylation sites is 2. The summed E-state index contributed by atoms with van der Waals surface area (Å²) < 4.78 is 1.88. The topological polar surface area (TPSA) is 42.3 Å². The molecule has 25 heavy (non-hydrogen) atoms. The molecular weight excluding hydrogens is 312 g/mol. The fraction of sp³-hybridized carbons (Fsp3) is 0.238. The summed E-state index contributed by atoms with van der Waals surface area (Å²) in [6, 6.07) is 17.3. The summed E-state index contributed by atoms with van der Waals surface area (Å²) in [4.78, 5) is 26.7. The van der Waals surface area contributed by atoms with Gasteiger partial charge in [0, 0.05) is 41.8 Å². The van der Waals surface area contributed by atoms with Crippen LogP contribution in [-0.2, 0) is 11.3 Å². The molecule has 0 radical (unpaired) electrons. The lowest BCUT2D eigenvalue weighted by atomic mass is 10.1. The third-order valence-electron chi connectivity index (χ3n) is 4.39. The highest BCUT2D eigenvalue weighted by Gasteiger charge is 2.17. The predicted octanol–water partition coefficient (Wildman–Crippen LogP) is 4.29. The van der Waals surface area contributed by atoms with E-state index in [4.69, 9.17) is 0 Å². The van der Waals surface area contributed by atoms with Crippen LogP contribution in [0.25, 0.3) is 10.9 Å². The minimum Gasteiger partial charge on any atom is -0.337 e. The van der Waals surface area contributed by atoms with Gasteiger partial charge in [-0.3, -0.25) is 9.59 Å². The Balaban J connectivity index is 1.91. The van der Waals surface area contributed by atoms with Crippen LogP contribution in [0.3, 0.4) is 0 Å². The van der Waals surface area contributed by atoms with E-state index in [-0.39, 0.29) is 18.2 Å². The number of hydrogen-bond donors (Lipinski definition) is 0. The maximum Gasteiger partial charge on any atom is 0.246 e. The first-order chi connectivity index (χ1) is 12.1. The lowest BCUT2D eigenvalue weighted by molar-refractivity contribution is -0.118. The van der Waals surface area contributed by atoms with E-state index >= 15 is 0 Å². The van der Waals surface area contributed by atoms with Crippen LogP contribution in [0.1, 0.15) is 30.1 Å². The highest BCUT2D eigenvalue weighted by atomic mass is 16.2. The summed E-state index contributed by atoms with van der Waals surface area (Å²) in [5, 5.41) is 0.913. The largest absolute Gasteiger partial charge is 0.337 e. The second kappa shape index (κ2) is 7.34. The quantitative estimate of drug-likeness (QED) is 0.631. The molecular formula is C21H22N2O2. The van der Waals surface area contributed by atoms with Gasteiger partial charge in [-0.2, -0.15) is 0 Å². The maximum absolute atomic E-state index is 12.7. The predicted molar refractivity (Wildman–Crippen MR) is 101 cm³/mol. The molecule has 2 aromatic carbocycles. The lowest BCUT2D eigenvalue weighted by Gasteiger charge is -2.18. The first-order valence-corrected chi connectivity index (χ1v) is 8.54. The van der Waals surface area contributed by atoms with Gasteiger partial charge in [-0.05, 0) is 24.6 Å². The average Bonchev–Trinajstić information content (AvgIpc) is 3.01. The summed E-state index contributed by atoms with van der Waals surface area (Å²) in [5.74, 6) is 0.0998.